The van der Waals surface area contributed by atoms with Gasteiger partial charge in [-0.15, -0.1) is 0 Å². The first-order valence-electron chi connectivity index (χ1n) is 5.70. The second kappa shape index (κ2) is 6.94. The second-order valence-corrected chi connectivity index (χ2v) is 4.86. The second-order valence-electron chi connectivity index (χ2n) is 4.42. The number of benzene rings is 1. The van der Waals surface area contributed by atoms with Crippen molar-refractivity contribution in [2.75, 3.05) is 13.7 Å². The molecule has 0 bridgehead atoms. The number of halogens is 2. The van der Waals surface area contributed by atoms with E-state index in [1.54, 1.807) is 19.2 Å². The van der Waals surface area contributed by atoms with Gasteiger partial charge in [-0.3, -0.25) is 0 Å². The van der Waals surface area contributed by atoms with Crippen molar-refractivity contribution in [2.45, 2.75) is 26.4 Å². The molecule has 17 heavy (non-hydrogen) atoms. The van der Waals surface area contributed by atoms with Crippen LogP contribution in [0.25, 0.3) is 0 Å². The van der Waals surface area contributed by atoms with Crippen LogP contribution in [-0.2, 0) is 11.3 Å². The summed E-state index contributed by atoms with van der Waals surface area (Å²) < 4.78 is 18.7. The monoisotopic (exact) mass is 259 g/mol. The molecule has 4 heteroatoms. The highest BCUT2D eigenvalue weighted by atomic mass is 35.5. The highest BCUT2D eigenvalue weighted by molar-refractivity contribution is 6.30. The molecule has 0 heterocycles. The van der Waals surface area contributed by atoms with E-state index in [0.717, 1.165) is 0 Å². The molecule has 96 valence electrons. The average Bonchev–Trinajstić information content (AvgIpc) is 2.25. The van der Waals surface area contributed by atoms with Crippen LogP contribution in [0, 0.1) is 11.7 Å². The maximum absolute atomic E-state index is 13.5. The average molecular weight is 260 g/mol. The smallest absolute Gasteiger partial charge is 0.129 e. The first-order valence-corrected chi connectivity index (χ1v) is 6.08. The van der Waals surface area contributed by atoms with E-state index in [9.17, 15) is 4.39 Å². The summed E-state index contributed by atoms with van der Waals surface area (Å²) in [5, 5.41) is 3.71. The molecule has 2 nitrogen and oxygen atoms in total. The van der Waals surface area contributed by atoms with Gasteiger partial charge < -0.3 is 10.1 Å². The van der Waals surface area contributed by atoms with E-state index in [1.165, 1.54) is 6.07 Å². The van der Waals surface area contributed by atoms with Crippen LogP contribution in [0.3, 0.4) is 0 Å². The van der Waals surface area contributed by atoms with Crippen LogP contribution in [0.1, 0.15) is 19.4 Å². The maximum Gasteiger partial charge on any atom is 0.129 e. The molecular weight excluding hydrogens is 241 g/mol. The Hall–Kier alpha value is -0.640. The molecule has 0 spiro atoms. The third-order valence-electron chi connectivity index (χ3n) is 2.72. The van der Waals surface area contributed by atoms with Gasteiger partial charge in [0.05, 0.1) is 6.61 Å². The van der Waals surface area contributed by atoms with E-state index in [-0.39, 0.29) is 11.9 Å². The van der Waals surface area contributed by atoms with Crippen molar-refractivity contribution >= 4 is 11.6 Å². The van der Waals surface area contributed by atoms with E-state index < -0.39 is 0 Å². The van der Waals surface area contributed by atoms with Gasteiger partial charge in [0.2, 0.25) is 0 Å². The molecule has 0 aromatic heterocycles. The van der Waals surface area contributed by atoms with E-state index in [0.29, 0.717) is 29.7 Å². The molecular formula is C13H19ClFNO. The molecule has 0 fully saturated rings. The van der Waals surface area contributed by atoms with Gasteiger partial charge in [-0.1, -0.05) is 31.5 Å². The normalized spacial score (nSPS) is 13.1. The minimum atomic E-state index is -0.273. The summed E-state index contributed by atoms with van der Waals surface area (Å²) in [4.78, 5) is 0. The van der Waals surface area contributed by atoms with Gasteiger partial charge in [-0.25, -0.2) is 4.39 Å². The van der Waals surface area contributed by atoms with E-state index in [2.05, 4.69) is 19.2 Å². The molecule has 1 atom stereocenters. The molecule has 0 saturated heterocycles. The van der Waals surface area contributed by atoms with Crippen molar-refractivity contribution in [3.8, 4) is 0 Å². The predicted molar refractivity (Wildman–Crippen MR) is 68.8 cm³/mol. The lowest BCUT2D eigenvalue weighted by Crippen LogP contribution is -2.37. The summed E-state index contributed by atoms with van der Waals surface area (Å²) in [6.45, 7) is 5.31. The Bertz CT molecular complexity index is 357. The van der Waals surface area contributed by atoms with Crippen LogP contribution in [0.15, 0.2) is 18.2 Å². The van der Waals surface area contributed by atoms with E-state index in [1.807, 2.05) is 0 Å². The number of methoxy groups -OCH3 is 1. The van der Waals surface area contributed by atoms with Crippen LogP contribution >= 0.6 is 11.6 Å². The molecule has 1 rings (SSSR count). The Morgan fingerprint density at radius 2 is 2.12 bits per heavy atom. The van der Waals surface area contributed by atoms with Crippen molar-refractivity contribution < 1.29 is 9.13 Å². The highest BCUT2D eigenvalue weighted by Crippen LogP contribution is 2.15. The quantitative estimate of drug-likeness (QED) is 0.847. The van der Waals surface area contributed by atoms with Gasteiger partial charge >= 0.3 is 0 Å². The lowest BCUT2D eigenvalue weighted by molar-refractivity contribution is 0.146. The topological polar surface area (TPSA) is 21.3 Å². The molecule has 1 aromatic rings. The third-order valence-corrected chi connectivity index (χ3v) is 2.96. The van der Waals surface area contributed by atoms with Gasteiger partial charge in [0.25, 0.3) is 0 Å². The minimum absolute atomic E-state index is 0.218. The summed E-state index contributed by atoms with van der Waals surface area (Å²) in [5.74, 6) is 0.162. The largest absolute Gasteiger partial charge is 0.383 e. The molecule has 1 unspecified atom stereocenters. The highest BCUT2D eigenvalue weighted by Gasteiger charge is 2.13. The third kappa shape index (κ3) is 4.62. The number of hydrogen-bond donors (Lipinski definition) is 1. The Morgan fingerprint density at radius 1 is 1.41 bits per heavy atom. The molecule has 0 aliphatic carbocycles. The Kier molecular flexibility index (Phi) is 5.89. The predicted octanol–water partition coefficient (Wildman–Crippen LogP) is 3.24. The minimum Gasteiger partial charge on any atom is -0.383 e. The van der Waals surface area contributed by atoms with E-state index >= 15 is 0 Å². The molecule has 0 aliphatic rings. The summed E-state index contributed by atoms with van der Waals surface area (Å²) in [6, 6.07) is 4.95. The number of ether oxygens (including phenoxy) is 1. The fraction of sp³-hybridized carbons (Fsp3) is 0.538. The maximum atomic E-state index is 13.5. The molecule has 0 aliphatic heterocycles. The summed E-state index contributed by atoms with van der Waals surface area (Å²) in [5.41, 5.74) is 0.621. The van der Waals surface area contributed by atoms with Gasteiger partial charge in [0.15, 0.2) is 0 Å². The SMILES string of the molecule is COCC(NCc1ccc(Cl)cc1F)C(C)C. The Balaban J connectivity index is 2.59. The van der Waals surface area contributed by atoms with Crippen molar-refractivity contribution in [1.29, 1.82) is 0 Å². The first kappa shape index (κ1) is 14.4. The molecule has 1 N–H and O–H groups in total. The van der Waals surface area contributed by atoms with Crippen LogP contribution in [0.2, 0.25) is 5.02 Å². The standard InChI is InChI=1S/C13H19ClFNO/c1-9(2)13(8-17-3)16-7-10-4-5-11(14)6-12(10)15/h4-6,9,13,16H,7-8H2,1-3H3. The zero-order valence-electron chi connectivity index (χ0n) is 10.5. The molecule has 0 saturated carbocycles. The zero-order valence-corrected chi connectivity index (χ0v) is 11.2. The molecule has 0 radical (unpaired) electrons. The van der Waals surface area contributed by atoms with Gasteiger partial charge in [-0.2, -0.15) is 0 Å². The summed E-state index contributed by atoms with van der Waals surface area (Å²) in [7, 11) is 1.67. The summed E-state index contributed by atoms with van der Waals surface area (Å²) >= 11 is 5.70. The fourth-order valence-corrected chi connectivity index (χ4v) is 1.73. The first-order chi connectivity index (χ1) is 8.04. The van der Waals surface area contributed by atoms with Crippen molar-refractivity contribution in [1.82, 2.24) is 5.32 Å². The van der Waals surface area contributed by atoms with E-state index in [4.69, 9.17) is 16.3 Å². The van der Waals surface area contributed by atoms with Gasteiger partial charge in [-0.05, 0) is 18.1 Å². The fourth-order valence-electron chi connectivity index (χ4n) is 1.57. The number of hydrogen-bond acceptors (Lipinski definition) is 2. The van der Waals surface area contributed by atoms with Crippen LogP contribution in [0.4, 0.5) is 4.39 Å². The Morgan fingerprint density at radius 3 is 2.65 bits per heavy atom. The van der Waals surface area contributed by atoms with Crippen LogP contribution in [-0.4, -0.2) is 19.8 Å². The van der Waals surface area contributed by atoms with Gasteiger partial charge in [0.1, 0.15) is 5.82 Å². The van der Waals surface area contributed by atoms with Crippen molar-refractivity contribution in [3.63, 3.8) is 0 Å². The molecule has 0 amide bonds. The Labute approximate surface area is 107 Å². The van der Waals surface area contributed by atoms with Crippen molar-refractivity contribution in [2.24, 2.45) is 5.92 Å². The van der Waals surface area contributed by atoms with Gasteiger partial charge in [0, 0.05) is 30.3 Å². The summed E-state index contributed by atoms with van der Waals surface area (Å²) in [6.07, 6.45) is 0. The lowest BCUT2D eigenvalue weighted by Gasteiger charge is -2.21. The zero-order chi connectivity index (χ0) is 12.8. The number of rotatable bonds is 6. The van der Waals surface area contributed by atoms with Crippen molar-refractivity contribution in [3.05, 3.63) is 34.6 Å². The molecule has 1 aromatic carbocycles. The van der Waals surface area contributed by atoms with Crippen LogP contribution < -0.4 is 5.32 Å². The lowest BCUT2D eigenvalue weighted by atomic mass is 10.0. The number of nitrogens with one attached hydrogen (secondary N) is 1. The van der Waals surface area contributed by atoms with Crippen LogP contribution in [0.5, 0.6) is 0 Å².